The molecule has 0 atom stereocenters. The molecule has 2 N–H and O–H groups in total. The molecule has 1 aliphatic rings. The van der Waals surface area contributed by atoms with Crippen LogP contribution in [0.25, 0.3) is 17.3 Å². The number of hydrogen-bond donors (Lipinski definition) is 2. The van der Waals surface area contributed by atoms with Gasteiger partial charge >= 0.3 is 0 Å². The highest BCUT2D eigenvalue weighted by atomic mass is 16.5. The molecule has 3 aromatic rings. The van der Waals surface area contributed by atoms with Gasteiger partial charge < -0.3 is 9.84 Å². The Morgan fingerprint density at radius 3 is 2.70 bits per heavy atom. The number of allylic oxidation sites excluding steroid dienone is 1. The molecule has 1 heterocycles. The third-order valence-corrected chi connectivity index (χ3v) is 4.90. The molecule has 0 saturated heterocycles. The normalized spacial score (nSPS) is 14.6. The molecule has 0 bridgehead atoms. The molecule has 0 fully saturated rings. The van der Waals surface area contributed by atoms with E-state index in [0.717, 1.165) is 50.5 Å². The van der Waals surface area contributed by atoms with Gasteiger partial charge in [0.1, 0.15) is 5.75 Å². The number of H-pyrrole nitrogens is 1. The molecule has 1 aromatic heterocycles. The van der Waals surface area contributed by atoms with Crippen molar-refractivity contribution in [1.29, 1.82) is 0 Å². The molecule has 2 aromatic carbocycles. The monoisotopic (exact) mass is 360 g/mol. The summed E-state index contributed by atoms with van der Waals surface area (Å²) in [5.41, 5.74) is 6.84. The minimum atomic E-state index is 0.0190. The number of benzene rings is 2. The van der Waals surface area contributed by atoms with Crippen LogP contribution in [-0.4, -0.2) is 28.2 Å². The van der Waals surface area contributed by atoms with Crippen LogP contribution in [0.3, 0.4) is 0 Å². The molecule has 5 nitrogen and oxygen atoms in total. The number of ether oxygens (including phenoxy) is 1. The van der Waals surface area contributed by atoms with Crippen LogP contribution in [0.4, 0.5) is 0 Å². The van der Waals surface area contributed by atoms with Crippen molar-refractivity contribution >= 4 is 11.9 Å². The number of aryl methyl sites for hydroxylation is 1. The number of aliphatic hydroxyl groups is 1. The van der Waals surface area contributed by atoms with E-state index in [9.17, 15) is 4.79 Å². The van der Waals surface area contributed by atoms with Crippen LogP contribution in [0.1, 0.15) is 32.7 Å². The number of nitrogens with one attached hydrogen (secondary N) is 1. The fourth-order valence-corrected chi connectivity index (χ4v) is 3.41. The number of ketones is 1. The zero-order valence-corrected chi connectivity index (χ0v) is 15.2. The molecule has 27 heavy (non-hydrogen) atoms. The second-order valence-electron chi connectivity index (χ2n) is 6.72. The molecule has 0 amide bonds. The number of rotatable bonds is 4. The van der Waals surface area contributed by atoms with E-state index in [0.29, 0.717) is 6.42 Å². The van der Waals surface area contributed by atoms with E-state index in [2.05, 4.69) is 10.2 Å². The molecular weight excluding hydrogens is 340 g/mol. The van der Waals surface area contributed by atoms with Gasteiger partial charge in [-0.15, -0.1) is 0 Å². The fourth-order valence-electron chi connectivity index (χ4n) is 3.41. The topological polar surface area (TPSA) is 75.2 Å². The molecule has 4 rings (SSSR count). The van der Waals surface area contributed by atoms with Crippen molar-refractivity contribution in [2.24, 2.45) is 0 Å². The zero-order chi connectivity index (χ0) is 19.0. The largest absolute Gasteiger partial charge is 0.496 e. The zero-order valence-electron chi connectivity index (χ0n) is 15.2. The summed E-state index contributed by atoms with van der Waals surface area (Å²) in [6, 6.07) is 13.4. The van der Waals surface area contributed by atoms with Crippen LogP contribution in [0, 0.1) is 6.92 Å². The van der Waals surface area contributed by atoms with E-state index < -0.39 is 0 Å². The van der Waals surface area contributed by atoms with Gasteiger partial charge in [-0.3, -0.25) is 9.89 Å². The summed E-state index contributed by atoms with van der Waals surface area (Å²) in [4.78, 5) is 12.7. The van der Waals surface area contributed by atoms with Crippen LogP contribution < -0.4 is 4.74 Å². The molecule has 0 unspecified atom stereocenters. The van der Waals surface area contributed by atoms with Gasteiger partial charge in [0, 0.05) is 23.1 Å². The molecule has 5 heteroatoms. The Balaban J connectivity index is 1.61. The summed E-state index contributed by atoms with van der Waals surface area (Å²) >= 11 is 0. The van der Waals surface area contributed by atoms with E-state index in [1.54, 1.807) is 7.11 Å². The Kier molecular flexibility index (Phi) is 4.38. The lowest BCUT2D eigenvalue weighted by Crippen LogP contribution is -1.97. The molecule has 0 saturated carbocycles. The summed E-state index contributed by atoms with van der Waals surface area (Å²) in [7, 11) is 1.64. The Hall–Kier alpha value is -3.18. The van der Waals surface area contributed by atoms with E-state index in [1.165, 1.54) is 0 Å². The lowest BCUT2D eigenvalue weighted by Gasteiger charge is -2.06. The lowest BCUT2D eigenvalue weighted by molar-refractivity contribution is 0.104. The number of aromatic amines is 1. The third-order valence-electron chi connectivity index (χ3n) is 4.90. The Morgan fingerprint density at radius 1 is 1.22 bits per heavy atom. The van der Waals surface area contributed by atoms with Gasteiger partial charge in [0.15, 0.2) is 5.78 Å². The van der Waals surface area contributed by atoms with Gasteiger partial charge in [0.2, 0.25) is 0 Å². The molecular formula is C22H20N2O3. The highest BCUT2D eigenvalue weighted by Crippen LogP contribution is 2.33. The molecule has 0 spiro atoms. The third kappa shape index (κ3) is 3.17. The average molecular weight is 360 g/mol. The fraction of sp³-hybridized carbons (Fsp3) is 0.182. The summed E-state index contributed by atoms with van der Waals surface area (Å²) in [6.07, 6.45) is 2.45. The van der Waals surface area contributed by atoms with Crippen molar-refractivity contribution in [2.45, 2.75) is 20.0 Å². The number of aromatic nitrogens is 2. The van der Waals surface area contributed by atoms with Gasteiger partial charge in [0.25, 0.3) is 0 Å². The maximum absolute atomic E-state index is 12.7. The maximum Gasteiger partial charge on any atom is 0.189 e. The highest BCUT2D eigenvalue weighted by molar-refractivity contribution is 6.15. The molecule has 0 aliphatic heterocycles. The predicted octanol–water partition coefficient (Wildman–Crippen LogP) is 3.71. The Labute approximate surface area is 157 Å². The van der Waals surface area contributed by atoms with Gasteiger partial charge in [-0.25, -0.2) is 0 Å². The van der Waals surface area contributed by atoms with Crippen LogP contribution in [0.2, 0.25) is 0 Å². The second-order valence-corrected chi connectivity index (χ2v) is 6.72. The van der Waals surface area contributed by atoms with Gasteiger partial charge in [-0.05, 0) is 47.9 Å². The Morgan fingerprint density at radius 2 is 2.00 bits per heavy atom. The first-order valence-corrected chi connectivity index (χ1v) is 8.77. The van der Waals surface area contributed by atoms with E-state index in [4.69, 9.17) is 9.84 Å². The average Bonchev–Trinajstić information content (AvgIpc) is 3.27. The quantitative estimate of drug-likeness (QED) is 0.696. The summed E-state index contributed by atoms with van der Waals surface area (Å²) in [5.74, 6) is 0.858. The van der Waals surface area contributed by atoms with E-state index >= 15 is 0 Å². The van der Waals surface area contributed by atoms with E-state index in [1.807, 2.05) is 55.5 Å². The van der Waals surface area contributed by atoms with Crippen LogP contribution in [-0.2, 0) is 13.0 Å². The first-order chi connectivity index (χ1) is 13.1. The van der Waals surface area contributed by atoms with Crippen molar-refractivity contribution in [2.75, 3.05) is 7.11 Å². The standard InChI is InChI=1S/C22H20N2O3/c1-13-7-19-16(10-21(13)27-2)8-17(22(19)26)9-18-11-20(24-23-18)15-5-3-14(12-25)4-6-15/h3-7,9-11,25H,8,12H2,1-2H3,(H,23,24)/b17-9+. The first kappa shape index (κ1) is 17.2. The number of nitrogens with zero attached hydrogens (tertiary/aromatic N) is 1. The summed E-state index contributed by atoms with van der Waals surface area (Å²) in [5, 5.41) is 16.5. The minimum absolute atomic E-state index is 0.0190. The number of hydrogen-bond acceptors (Lipinski definition) is 4. The van der Waals surface area contributed by atoms with Crippen LogP contribution in [0.15, 0.2) is 48.0 Å². The van der Waals surface area contributed by atoms with Gasteiger partial charge in [0.05, 0.1) is 25.1 Å². The number of fused-ring (bicyclic) bond motifs is 1. The van der Waals surface area contributed by atoms with Crippen molar-refractivity contribution in [3.63, 3.8) is 0 Å². The van der Waals surface area contributed by atoms with Gasteiger partial charge in [-0.1, -0.05) is 24.3 Å². The predicted molar refractivity (Wildman–Crippen MR) is 104 cm³/mol. The number of methoxy groups -OCH3 is 1. The van der Waals surface area contributed by atoms with E-state index in [-0.39, 0.29) is 12.4 Å². The minimum Gasteiger partial charge on any atom is -0.496 e. The maximum atomic E-state index is 12.7. The second kappa shape index (κ2) is 6.85. The number of Topliss-reactive ketones (excluding diaryl/α,β-unsaturated/α-hetero) is 1. The molecule has 0 radical (unpaired) electrons. The van der Waals surface area contributed by atoms with Crippen molar-refractivity contribution in [1.82, 2.24) is 10.2 Å². The first-order valence-electron chi connectivity index (χ1n) is 8.77. The highest BCUT2D eigenvalue weighted by Gasteiger charge is 2.26. The summed E-state index contributed by atoms with van der Waals surface area (Å²) < 4.78 is 5.37. The molecule has 136 valence electrons. The van der Waals surface area contributed by atoms with Crippen molar-refractivity contribution in [3.8, 4) is 17.0 Å². The number of aliphatic hydroxyl groups excluding tert-OH is 1. The SMILES string of the molecule is COc1cc2c(cc1C)C(=O)/C(=C/c1cc(-c3ccc(CO)cc3)n[nH]1)C2. The van der Waals surface area contributed by atoms with Crippen LogP contribution in [0.5, 0.6) is 5.75 Å². The molecule has 1 aliphatic carbocycles. The smallest absolute Gasteiger partial charge is 0.189 e. The Bertz CT molecular complexity index is 1050. The van der Waals surface area contributed by atoms with Crippen molar-refractivity contribution in [3.05, 3.63) is 76.0 Å². The number of carbonyl (C=O) groups is 1. The lowest BCUT2D eigenvalue weighted by atomic mass is 10.1. The number of carbonyl (C=O) groups excluding carboxylic acids is 1. The summed E-state index contributed by atoms with van der Waals surface area (Å²) in [6.45, 7) is 1.96. The van der Waals surface area contributed by atoms with Crippen molar-refractivity contribution < 1.29 is 14.6 Å². The van der Waals surface area contributed by atoms with Gasteiger partial charge in [-0.2, -0.15) is 5.10 Å². The van der Waals surface area contributed by atoms with Crippen LogP contribution >= 0.6 is 0 Å².